The van der Waals surface area contributed by atoms with Crippen LogP contribution in [0.3, 0.4) is 0 Å². The molecule has 0 amide bonds. The predicted molar refractivity (Wildman–Crippen MR) is 65.2 cm³/mol. The van der Waals surface area contributed by atoms with Crippen molar-refractivity contribution in [1.29, 1.82) is 0 Å². The van der Waals surface area contributed by atoms with Crippen LogP contribution in [0.2, 0.25) is 0 Å². The molecule has 0 spiro atoms. The summed E-state index contributed by atoms with van der Waals surface area (Å²) < 4.78 is 1.77. The van der Waals surface area contributed by atoms with Gasteiger partial charge < -0.3 is 0 Å². The second-order valence-electron chi connectivity index (χ2n) is 4.39. The van der Waals surface area contributed by atoms with Crippen molar-refractivity contribution in [2.24, 2.45) is 0 Å². The minimum Gasteiger partial charge on any atom is -0.268 e. The van der Waals surface area contributed by atoms with Crippen molar-refractivity contribution in [2.75, 3.05) is 0 Å². The Bertz CT molecular complexity index is 532. The zero-order valence-corrected chi connectivity index (χ0v) is 9.82. The van der Waals surface area contributed by atoms with Gasteiger partial charge in [0.25, 0.3) is 5.56 Å². The first kappa shape index (κ1) is 10.7. The third-order valence-electron chi connectivity index (χ3n) is 2.69. The molecule has 0 saturated heterocycles. The minimum atomic E-state index is -0.00410. The lowest BCUT2D eigenvalue weighted by Crippen LogP contribution is -2.08. The molecule has 3 heteroatoms. The summed E-state index contributed by atoms with van der Waals surface area (Å²) in [5, 5.41) is 2.82. The van der Waals surface area contributed by atoms with Crippen molar-refractivity contribution in [3.05, 3.63) is 51.9 Å². The summed E-state index contributed by atoms with van der Waals surface area (Å²) in [6.45, 7) is 6.08. The maximum absolute atomic E-state index is 11.6. The van der Waals surface area contributed by atoms with Gasteiger partial charge in [0, 0.05) is 11.8 Å². The van der Waals surface area contributed by atoms with E-state index < -0.39 is 0 Å². The van der Waals surface area contributed by atoms with E-state index >= 15 is 0 Å². The molecule has 0 radical (unpaired) electrons. The molecule has 2 rings (SSSR count). The van der Waals surface area contributed by atoms with E-state index in [2.05, 4.69) is 5.10 Å². The second-order valence-corrected chi connectivity index (χ2v) is 4.39. The molecular formula is C13H16N2O. The van der Waals surface area contributed by atoms with E-state index in [0.29, 0.717) is 0 Å². The molecule has 0 atom stereocenters. The van der Waals surface area contributed by atoms with Crippen molar-refractivity contribution >= 4 is 0 Å². The van der Waals surface area contributed by atoms with Crippen molar-refractivity contribution in [2.45, 2.75) is 26.7 Å². The number of H-pyrrole nitrogens is 1. The first-order chi connectivity index (χ1) is 7.58. The molecule has 0 aliphatic heterocycles. The third kappa shape index (κ3) is 1.94. The number of aromatic amines is 1. The second kappa shape index (κ2) is 4.00. The van der Waals surface area contributed by atoms with Crippen LogP contribution >= 0.6 is 0 Å². The Morgan fingerprint density at radius 3 is 2.31 bits per heavy atom. The van der Waals surface area contributed by atoms with Crippen molar-refractivity contribution < 1.29 is 0 Å². The van der Waals surface area contributed by atoms with Gasteiger partial charge in [-0.1, -0.05) is 31.5 Å². The maximum atomic E-state index is 11.6. The van der Waals surface area contributed by atoms with Crippen LogP contribution in [-0.2, 0) is 0 Å². The molecule has 0 unspecified atom stereocenters. The lowest BCUT2D eigenvalue weighted by molar-refractivity contribution is 0.857. The fourth-order valence-electron chi connectivity index (χ4n) is 1.66. The van der Waals surface area contributed by atoms with Gasteiger partial charge in [-0.2, -0.15) is 0 Å². The average molecular weight is 216 g/mol. The van der Waals surface area contributed by atoms with Crippen LogP contribution < -0.4 is 5.56 Å². The number of hydrogen-bond acceptors (Lipinski definition) is 1. The number of rotatable bonds is 2. The summed E-state index contributed by atoms with van der Waals surface area (Å²) in [4.78, 5) is 11.6. The normalized spacial score (nSPS) is 11.0. The molecule has 1 aromatic carbocycles. The Labute approximate surface area is 94.7 Å². The van der Waals surface area contributed by atoms with Gasteiger partial charge in [0.2, 0.25) is 0 Å². The standard InChI is InChI=1S/C13H16N2O/c1-9(2)12-8-15(14-13(12)16)11-6-4-10(3)5-7-11/h4-9H,1-3H3,(H,14,16). The minimum absolute atomic E-state index is 0.00410. The monoisotopic (exact) mass is 216 g/mol. The molecule has 2 aromatic rings. The highest BCUT2D eigenvalue weighted by Crippen LogP contribution is 2.12. The van der Waals surface area contributed by atoms with Gasteiger partial charge in [-0.25, -0.2) is 0 Å². The molecule has 0 bridgehead atoms. The van der Waals surface area contributed by atoms with Crippen molar-refractivity contribution in [3.63, 3.8) is 0 Å². The molecule has 1 heterocycles. The SMILES string of the molecule is Cc1ccc(-n2cc(C(C)C)c(=O)[nH]2)cc1. The Morgan fingerprint density at radius 2 is 1.81 bits per heavy atom. The summed E-state index contributed by atoms with van der Waals surface area (Å²) in [6, 6.07) is 8.05. The number of nitrogens with one attached hydrogen (secondary N) is 1. The Balaban J connectivity index is 2.45. The van der Waals surface area contributed by atoms with Crippen LogP contribution in [0.4, 0.5) is 0 Å². The van der Waals surface area contributed by atoms with E-state index in [4.69, 9.17) is 0 Å². The molecule has 1 aromatic heterocycles. The van der Waals surface area contributed by atoms with E-state index in [0.717, 1.165) is 11.3 Å². The Morgan fingerprint density at radius 1 is 1.19 bits per heavy atom. The molecule has 0 aliphatic carbocycles. The number of hydrogen-bond donors (Lipinski definition) is 1. The maximum Gasteiger partial charge on any atom is 0.267 e. The van der Waals surface area contributed by atoms with Crippen LogP contribution in [0.15, 0.2) is 35.3 Å². The average Bonchev–Trinajstić information content (AvgIpc) is 2.61. The highest BCUT2D eigenvalue weighted by atomic mass is 16.1. The van der Waals surface area contributed by atoms with Crippen molar-refractivity contribution in [1.82, 2.24) is 9.78 Å². The Hall–Kier alpha value is -1.77. The van der Waals surface area contributed by atoms with Crippen molar-refractivity contribution in [3.8, 4) is 5.69 Å². The highest BCUT2D eigenvalue weighted by Gasteiger charge is 2.08. The van der Waals surface area contributed by atoms with Gasteiger partial charge in [0.15, 0.2) is 0 Å². The summed E-state index contributed by atoms with van der Waals surface area (Å²) in [6.07, 6.45) is 1.87. The van der Waals surface area contributed by atoms with Crippen LogP contribution in [0.5, 0.6) is 0 Å². The summed E-state index contributed by atoms with van der Waals surface area (Å²) in [7, 11) is 0. The van der Waals surface area contributed by atoms with E-state index in [1.54, 1.807) is 4.68 Å². The van der Waals surface area contributed by atoms with Gasteiger partial charge in [-0.05, 0) is 25.0 Å². The predicted octanol–water partition coefficient (Wildman–Crippen LogP) is 2.60. The summed E-state index contributed by atoms with van der Waals surface area (Å²) in [5.74, 6) is 0.246. The van der Waals surface area contributed by atoms with Crippen LogP contribution in [-0.4, -0.2) is 9.78 Å². The number of aromatic nitrogens is 2. The fourth-order valence-corrected chi connectivity index (χ4v) is 1.66. The molecule has 3 nitrogen and oxygen atoms in total. The van der Waals surface area contributed by atoms with E-state index in [1.807, 2.05) is 51.2 Å². The smallest absolute Gasteiger partial charge is 0.267 e. The van der Waals surface area contributed by atoms with Gasteiger partial charge in [0.05, 0.1) is 5.69 Å². The number of nitrogens with zero attached hydrogens (tertiary/aromatic N) is 1. The van der Waals surface area contributed by atoms with E-state index in [1.165, 1.54) is 5.56 Å². The van der Waals surface area contributed by atoms with Gasteiger partial charge >= 0.3 is 0 Å². The molecular weight excluding hydrogens is 200 g/mol. The molecule has 16 heavy (non-hydrogen) atoms. The number of aryl methyl sites for hydroxylation is 1. The zero-order valence-electron chi connectivity index (χ0n) is 9.82. The number of benzene rings is 1. The Kier molecular flexibility index (Phi) is 2.69. The van der Waals surface area contributed by atoms with Crippen LogP contribution in [0, 0.1) is 6.92 Å². The summed E-state index contributed by atoms with van der Waals surface area (Å²) in [5.41, 5.74) is 3.01. The topological polar surface area (TPSA) is 37.8 Å². The lowest BCUT2D eigenvalue weighted by atomic mass is 10.1. The van der Waals surface area contributed by atoms with Gasteiger partial charge in [-0.15, -0.1) is 0 Å². The largest absolute Gasteiger partial charge is 0.268 e. The highest BCUT2D eigenvalue weighted by molar-refractivity contribution is 5.34. The first-order valence-corrected chi connectivity index (χ1v) is 5.46. The molecule has 0 saturated carbocycles. The fraction of sp³-hybridized carbons (Fsp3) is 0.308. The summed E-state index contributed by atoms with van der Waals surface area (Å²) >= 11 is 0. The van der Waals surface area contributed by atoms with Gasteiger partial charge in [0.1, 0.15) is 0 Å². The van der Waals surface area contributed by atoms with E-state index in [-0.39, 0.29) is 11.5 Å². The van der Waals surface area contributed by atoms with Crippen LogP contribution in [0.1, 0.15) is 30.9 Å². The van der Waals surface area contributed by atoms with Crippen LogP contribution in [0.25, 0.3) is 5.69 Å². The molecule has 84 valence electrons. The molecule has 0 aliphatic rings. The van der Waals surface area contributed by atoms with Gasteiger partial charge in [-0.3, -0.25) is 14.6 Å². The zero-order chi connectivity index (χ0) is 11.7. The lowest BCUT2D eigenvalue weighted by Gasteiger charge is -2.02. The third-order valence-corrected chi connectivity index (χ3v) is 2.69. The quantitative estimate of drug-likeness (QED) is 0.823. The first-order valence-electron chi connectivity index (χ1n) is 5.46. The molecule has 0 fully saturated rings. The molecule has 1 N–H and O–H groups in total. The van der Waals surface area contributed by atoms with E-state index in [9.17, 15) is 4.79 Å².